The Hall–Kier alpha value is -1.41. The molecule has 1 amide bonds. The van der Waals surface area contributed by atoms with Crippen molar-refractivity contribution in [2.24, 2.45) is 0 Å². The van der Waals surface area contributed by atoms with Gasteiger partial charge in [-0.25, -0.2) is 4.39 Å². The third-order valence-corrected chi connectivity index (χ3v) is 6.01. The molecule has 8 heteroatoms. The van der Waals surface area contributed by atoms with Gasteiger partial charge in [-0.3, -0.25) is 9.69 Å². The normalized spacial score (nSPS) is 15.8. The van der Waals surface area contributed by atoms with Crippen molar-refractivity contribution >= 4 is 67.8 Å². The molecule has 0 atom stereocenters. The number of hydrogen-bond acceptors (Lipinski definition) is 4. The number of carbonyl (C=O) groups is 1. The monoisotopic (exact) mass is 471 g/mol. The first-order valence-corrected chi connectivity index (χ1v) is 9.83. The van der Waals surface area contributed by atoms with Crippen molar-refractivity contribution in [2.75, 3.05) is 7.05 Å². The van der Waals surface area contributed by atoms with Crippen LogP contribution in [0.3, 0.4) is 0 Å². The molecule has 3 nitrogen and oxygen atoms in total. The van der Waals surface area contributed by atoms with Crippen LogP contribution in [0.2, 0.25) is 5.02 Å². The van der Waals surface area contributed by atoms with Crippen LogP contribution in [0, 0.1) is 5.82 Å². The summed E-state index contributed by atoms with van der Waals surface area (Å²) in [6.45, 7) is -0.0251. The van der Waals surface area contributed by atoms with Crippen LogP contribution in [-0.4, -0.2) is 22.2 Å². The van der Waals surface area contributed by atoms with E-state index in [2.05, 4.69) is 15.9 Å². The number of carbonyl (C=O) groups excluding carboxylic acids is 1. The van der Waals surface area contributed by atoms with Gasteiger partial charge in [0.1, 0.15) is 22.5 Å². The second-order valence-electron chi connectivity index (χ2n) is 5.41. The van der Waals surface area contributed by atoms with E-state index in [1.807, 2.05) is 6.07 Å². The second-order valence-corrected chi connectivity index (χ2v) is 8.41. The zero-order valence-electron chi connectivity index (χ0n) is 13.5. The van der Waals surface area contributed by atoms with Crippen molar-refractivity contribution < 1.29 is 13.9 Å². The first-order valence-electron chi connectivity index (χ1n) is 7.43. The first kappa shape index (κ1) is 19.4. The van der Waals surface area contributed by atoms with Crippen molar-refractivity contribution in [3.8, 4) is 5.75 Å². The van der Waals surface area contributed by atoms with Crippen LogP contribution in [0.5, 0.6) is 5.75 Å². The maximum Gasteiger partial charge on any atom is 0.265 e. The summed E-state index contributed by atoms with van der Waals surface area (Å²) in [6.07, 6.45) is 1.71. The van der Waals surface area contributed by atoms with Gasteiger partial charge in [-0.1, -0.05) is 57.6 Å². The van der Waals surface area contributed by atoms with Crippen molar-refractivity contribution in [3.05, 3.63) is 67.7 Å². The number of amides is 1. The summed E-state index contributed by atoms with van der Waals surface area (Å²) >= 11 is 15.8. The Kier molecular flexibility index (Phi) is 6.02. The van der Waals surface area contributed by atoms with Crippen LogP contribution in [0.15, 0.2) is 45.8 Å². The van der Waals surface area contributed by atoms with Crippen LogP contribution in [0.4, 0.5) is 4.39 Å². The van der Waals surface area contributed by atoms with E-state index in [4.69, 9.17) is 28.6 Å². The smallest absolute Gasteiger partial charge is 0.265 e. The Labute approximate surface area is 173 Å². The first-order chi connectivity index (χ1) is 12.4. The fourth-order valence-electron chi connectivity index (χ4n) is 2.27. The van der Waals surface area contributed by atoms with Gasteiger partial charge in [-0.05, 0) is 36.4 Å². The summed E-state index contributed by atoms with van der Waals surface area (Å²) in [7, 11) is 1.64. The Morgan fingerprint density at radius 1 is 1.38 bits per heavy atom. The quantitative estimate of drug-likeness (QED) is 0.425. The highest BCUT2D eigenvalue weighted by Crippen LogP contribution is 2.34. The fraction of sp³-hybridized carbons (Fsp3) is 0.111. The van der Waals surface area contributed by atoms with Crippen molar-refractivity contribution in [2.45, 2.75) is 6.61 Å². The molecule has 1 fully saturated rings. The highest BCUT2D eigenvalue weighted by molar-refractivity contribution is 9.10. The molecule has 0 aliphatic carbocycles. The standard InChI is InChI=1S/C18H12BrClFNO2S2/c1-22-17(23)16(26-18(22)25)8-10-7-11(19)5-6-15(10)24-9-12-13(20)3-2-4-14(12)21/h2-8H,9H2,1H3/b16-8+. The summed E-state index contributed by atoms with van der Waals surface area (Å²) < 4.78 is 21.0. The van der Waals surface area contributed by atoms with Gasteiger partial charge in [-0.2, -0.15) is 0 Å². The van der Waals surface area contributed by atoms with E-state index in [0.717, 1.165) is 4.47 Å². The average molecular weight is 473 g/mol. The Bertz CT molecular complexity index is 915. The lowest BCUT2D eigenvalue weighted by atomic mass is 10.1. The van der Waals surface area contributed by atoms with E-state index in [1.54, 1.807) is 37.4 Å². The van der Waals surface area contributed by atoms with Crippen LogP contribution in [0.1, 0.15) is 11.1 Å². The van der Waals surface area contributed by atoms with Crippen LogP contribution >= 0.6 is 51.5 Å². The molecule has 1 heterocycles. The number of ether oxygens (including phenoxy) is 1. The van der Waals surface area contributed by atoms with E-state index in [0.29, 0.717) is 25.6 Å². The molecule has 0 unspecified atom stereocenters. The van der Waals surface area contributed by atoms with Gasteiger partial charge in [0.15, 0.2) is 0 Å². The van der Waals surface area contributed by atoms with Crippen LogP contribution in [0.25, 0.3) is 6.08 Å². The van der Waals surface area contributed by atoms with E-state index >= 15 is 0 Å². The number of hydrogen-bond donors (Lipinski definition) is 0. The molecule has 0 N–H and O–H groups in total. The minimum Gasteiger partial charge on any atom is -0.488 e. The topological polar surface area (TPSA) is 29.5 Å². The molecular formula is C18H12BrClFNO2S2. The van der Waals surface area contributed by atoms with Crippen molar-refractivity contribution in [3.63, 3.8) is 0 Å². The lowest BCUT2D eigenvalue weighted by Gasteiger charge is -2.12. The maximum absolute atomic E-state index is 13.9. The third-order valence-electron chi connectivity index (χ3n) is 3.68. The molecule has 3 rings (SSSR count). The van der Waals surface area contributed by atoms with Gasteiger partial charge in [-0.15, -0.1) is 0 Å². The minimum atomic E-state index is -0.428. The number of thioether (sulfide) groups is 1. The van der Waals surface area contributed by atoms with Crippen molar-refractivity contribution in [1.82, 2.24) is 4.90 Å². The van der Waals surface area contributed by atoms with E-state index < -0.39 is 5.82 Å². The molecule has 0 aromatic heterocycles. The summed E-state index contributed by atoms with van der Waals surface area (Å²) in [5.41, 5.74) is 0.962. The SMILES string of the molecule is CN1C(=O)/C(=C\c2cc(Br)ccc2OCc2c(F)cccc2Cl)SC1=S. The third kappa shape index (κ3) is 4.11. The highest BCUT2D eigenvalue weighted by atomic mass is 79.9. The number of thiocarbonyl (C=S) groups is 1. The molecule has 1 aliphatic rings. The molecule has 1 saturated heterocycles. The predicted octanol–water partition coefficient (Wildman–Crippen LogP) is 5.65. The fourth-order valence-corrected chi connectivity index (χ4v) is 4.04. The maximum atomic E-state index is 13.9. The lowest BCUT2D eigenvalue weighted by molar-refractivity contribution is -0.121. The minimum absolute atomic E-state index is 0.0251. The Morgan fingerprint density at radius 2 is 2.15 bits per heavy atom. The number of halogens is 3. The molecule has 134 valence electrons. The summed E-state index contributed by atoms with van der Waals surface area (Å²) in [5.74, 6) is -0.0834. The van der Waals surface area contributed by atoms with E-state index in [9.17, 15) is 9.18 Å². The van der Waals surface area contributed by atoms with E-state index in [-0.39, 0.29) is 18.1 Å². The zero-order valence-corrected chi connectivity index (χ0v) is 17.4. The van der Waals surface area contributed by atoms with Gasteiger partial charge < -0.3 is 4.74 Å². The molecule has 0 radical (unpaired) electrons. The van der Waals surface area contributed by atoms with Crippen LogP contribution < -0.4 is 4.74 Å². The Balaban J connectivity index is 1.90. The largest absolute Gasteiger partial charge is 0.488 e. The van der Waals surface area contributed by atoms with Gasteiger partial charge >= 0.3 is 0 Å². The molecular weight excluding hydrogens is 461 g/mol. The second kappa shape index (κ2) is 8.08. The molecule has 2 aromatic carbocycles. The van der Waals surface area contributed by atoms with Gasteiger partial charge in [0.05, 0.1) is 9.93 Å². The molecule has 26 heavy (non-hydrogen) atoms. The van der Waals surface area contributed by atoms with Gasteiger partial charge in [0.25, 0.3) is 5.91 Å². The average Bonchev–Trinajstić information content (AvgIpc) is 2.83. The highest BCUT2D eigenvalue weighted by Gasteiger charge is 2.29. The lowest BCUT2D eigenvalue weighted by Crippen LogP contribution is -2.22. The molecule has 1 aliphatic heterocycles. The molecule has 0 spiro atoms. The number of rotatable bonds is 4. The van der Waals surface area contributed by atoms with Crippen molar-refractivity contribution in [1.29, 1.82) is 0 Å². The zero-order chi connectivity index (χ0) is 18.8. The summed E-state index contributed by atoms with van der Waals surface area (Å²) in [4.78, 5) is 14.1. The summed E-state index contributed by atoms with van der Waals surface area (Å²) in [6, 6.07) is 9.86. The van der Waals surface area contributed by atoms with Crippen LogP contribution in [-0.2, 0) is 11.4 Å². The Morgan fingerprint density at radius 3 is 2.81 bits per heavy atom. The molecule has 2 aromatic rings. The predicted molar refractivity (Wildman–Crippen MR) is 111 cm³/mol. The van der Waals surface area contributed by atoms with E-state index in [1.165, 1.54) is 22.7 Å². The number of nitrogens with zero attached hydrogens (tertiary/aromatic N) is 1. The summed E-state index contributed by atoms with van der Waals surface area (Å²) in [5, 5.41) is 0.301. The molecule has 0 saturated carbocycles. The van der Waals surface area contributed by atoms with Gasteiger partial charge in [0, 0.05) is 22.6 Å². The number of likely N-dealkylation sites (N-methyl/N-ethyl adjacent to an activating group) is 1. The number of benzene rings is 2. The van der Waals surface area contributed by atoms with Gasteiger partial charge in [0.2, 0.25) is 0 Å². The molecule has 0 bridgehead atoms.